The summed E-state index contributed by atoms with van der Waals surface area (Å²) in [5, 5.41) is 23.2. The Morgan fingerprint density at radius 1 is 0.354 bits per heavy atom. The fraction of sp³-hybridized carbons (Fsp3) is 0.918. The molecule has 3 N–H and O–H groups in total. The van der Waals surface area contributed by atoms with E-state index in [1.54, 1.807) is 6.08 Å². The van der Waals surface area contributed by atoms with E-state index in [1.807, 2.05) is 6.08 Å². The molecule has 0 saturated carbocycles. The van der Waals surface area contributed by atoms with Crippen molar-refractivity contribution in [3.05, 3.63) is 24.3 Å². The predicted octanol–water partition coefficient (Wildman–Crippen LogP) is 19.9. The van der Waals surface area contributed by atoms with E-state index in [4.69, 9.17) is 0 Å². The first-order valence-corrected chi connectivity index (χ1v) is 30.1. The second-order valence-electron chi connectivity index (χ2n) is 20.8. The number of carbonyl (C=O) groups is 1. The van der Waals surface area contributed by atoms with Gasteiger partial charge in [0.2, 0.25) is 5.91 Å². The van der Waals surface area contributed by atoms with E-state index in [9.17, 15) is 15.0 Å². The molecule has 0 heterocycles. The van der Waals surface area contributed by atoms with E-state index in [0.29, 0.717) is 6.42 Å². The fourth-order valence-corrected chi connectivity index (χ4v) is 9.59. The van der Waals surface area contributed by atoms with E-state index < -0.39 is 12.1 Å². The average Bonchev–Trinajstić information content (AvgIpc) is 3.31. The Bertz CT molecular complexity index is 947. The Kier molecular flexibility index (Phi) is 56.2. The molecule has 2 unspecified atom stereocenters. The Labute approximate surface area is 409 Å². The molecular formula is C61H119NO3. The van der Waals surface area contributed by atoms with Gasteiger partial charge >= 0.3 is 0 Å². The van der Waals surface area contributed by atoms with Crippen LogP contribution in [0.4, 0.5) is 0 Å². The van der Waals surface area contributed by atoms with Gasteiger partial charge in [0, 0.05) is 6.42 Å². The number of carbonyl (C=O) groups excluding carboxylic acids is 1. The van der Waals surface area contributed by atoms with Crippen molar-refractivity contribution in [3.63, 3.8) is 0 Å². The van der Waals surface area contributed by atoms with Crippen LogP contribution in [-0.4, -0.2) is 34.9 Å². The maximum Gasteiger partial charge on any atom is 0.220 e. The third-order valence-corrected chi connectivity index (χ3v) is 14.2. The van der Waals surface area contributed by atoms with Gasteiger partial charge in [-0.3, -0.25) is 4.79 Å². The van der Waals surface area contributed by atoms with Gasteiger partial charge in [0.15, 0.2) is 0 Å². The van der Waals surface area contributed by atoms with Crippen molar-refractivity contribution in [2.24, 2.45) is 0 Å². The van der Waals surface area contributed by atoms with Crippen LogP contribution in [-0.2, 0) is 4.79 Å². The predicted molar refractivity (Wildman–Crippen MR) is 290 cm³/mol. The van der Waals surface area contributed by atoms with Crippen molar-refractivity contribution < 1.29 is 15.0 Å². The highest BCUT2D eigenvalue weighted by Gasteiger charge is 2.18. The number of aliphatic hydroxyl groups is 2. The monoisotopic (exact) mass is 914 g/mol. The molecule has 386 valence electrons. The molecule has 0 rings (SSSR count). The molecule has 4 nitrogen and oxygen atoms in total. The number of aliphatic hydroxyl groups excluding tert-OH is 2. The minimum atomic E-state index is -0.836. The van der Waals surface area contributed by atoms with Crippen molar-refractivity contribution in [1.82, 2.24) is 5.32 Å². The van der Waals surface area contributed by atoms with Gasteiger partial charge in [-0.05, 0) is 44.9 Å². The molecular weight excluding hydrogens is 795 g/mol. The van der Waals surface area contributed by atoms with E-state index in [1.165, 1.54) is 295 Å². The highest BCUT2D eigenvalue weighted by atomic mass is 16.3. The highest BCUT2D eigenvalue weighted by Crippen LogP contribution is 2.18. The number of unbranched alkanes of at least 4 members (excludes halogenated alkanes) is 47. The van der Waals surface area contributed by atoms with Crippen molar-refractivity contribution in [2.75, 3.05) is 6.61 Å². The lowest BCUT2D eigenvalue weighted by molar-refractivity contribution is -0.123. The summed E-state index contributed by atoms with van der Waals surface area (Å²) in [6, 6.07) is -0.619. The molecule has 0 aromatic rings. The standard InChI is InChI=1S/C61H119NO3/c1-3-5-7-9-11-13-15-17-19-21-23-24-25-26-27-28-29-30-31-32-33-34-35-36-37-38-39-41-43-45-47-49-51-53-55-57-61(65)62-59(58-63)60(64)56-54-52-50-48-46-44-42-40-22-20-18-16-14-12-10-8-6-4-2/h21,23,54,56,59-60,63-64H,3-20,22,24-53,55,57-58H2,1-2H3,(H,62,65)/b23-21-,56-54+. The summed E-state index contributed by atoms with van der Waals surface area (Å²) in [7, 11) is 0. The third kappa shape index (κ3) is 53.7. The average molecular weight is 915 g/mol. The van der Waals surface area contributed by atoms with E-state index >= 15 is 0 Å². The van der Waals surface area contributed by atoms with Gasteiger partial charge in [0.25, 0.3) is 0 Å². The highest BCUT2D eigenvalue weighted by molar-refractivity contribution is 5.76. The Hall–Kier alpha value is -1.13. The van der Waals surface area contributed by atoms with Gasteiger partial charge in [-0.1, -0.05) is 314 Å². The topological polar surface area (TPSA) is 69.6 Å². The number of hydrogen-bond acceptors (Lipinski definition) is 3. The van der Waals surface area contributed by atoms with Gasteiger partial charge in [-0.15, -0.1) is 0 Å². The normalized spacial score (nSPS) is 12.9. The lowest BCUT2D eigenvalue weighted by Gasteiger charge is -2.20. The molecule has 0 fully saturated rings. The molecule has 65 heavy (non-hydrogen) atoms. The Balaban J connectivity index is 3.40. The van der Waals surface area contributed by atoms with Gasteiger partial charge < -0.3 is 15.5 Å². The number of allylic oxidation sites excluding steroid dienone is 3. The van der Waals surface area contributed by atoms with Crippen LogP contribution in [0.3, 0.4) is 0 Å². The fourth-order valence-electron chi connectivity index (χ4n) is 9.59. The van der Waals surface area contributed by atoms with Crippen LogP contribution in [0, 0.1) is 0 Å². The Morgan fingerprint density at radius 2 is 0.585 bits per heavy atom. The zero-order valence-corrected chi connectivity index (χ0v) is 44.5. The van der Waals surface area contributed by atoms with Gasteiger partial charge in [0.05, 0.1) is 18.8 Å². The van der Waals surface area contributed by atoms with E-state index in [2.05, 4.69) is 31.3 Å². The van der Waals surface area contributed by atoms with Crippen LogP contribution in [0.25, 0.3) is 0 Å². The molecule has 1 amide bonds. The Morgan fingerprint density at radius 3 is 0.846 bits per heavy atom. The summed E-state index contributed by atoms with van der Waals surface area (Å²) < 4.78 is 0. The minimum absolute atomic E-state index is 0.0566. The van der Waals surface area contributed by atoms with Gasteiger partial charge in [-0.2, -0.15) is 0 Å². The van der Waals surface area contributed by atoms with Gasteiger partial charge in [-0.25, -0.2) is 0 Å². The number of rotatable bonds is 56. The molecule has 0 aromatic heterocycles. The third-order valence-electron chi connectivity index (χ3n) is 14.2. The zero-order chi connectivity index (χ0) is 47.0. The lowest BCUT2D eigenvalue weighted by Crippen LogP contribution is -2.45. The maximum atomic E-state index is 12.5. The first kappa shape index (κ1) is 63.9. The molecule has 0 bridgehead atoms. The summed E-state index contributed by atoms with van der Waals surface area (Å²) in [4.78, 5) is 12.5. The van der Waals surface area contributed by atoms with E-state index in [0.717, 1.165) is 25.7 Å². The molecule has 0 saturated heterocycles. The summed E-state index contributed by atoms with van der Waals surface area (Å²) in [6.07, 6.45) is 76.5. The zero-order valence-electron chi connectivity index (χ0n) is 44.5. The molecule has 2 atom stereocenters. The number of amides is 1. The van der Waals surface area contributed by atoms with Crippen molar-refractivity contribution >= 4 is 5.91 Å². The lowest BCUT2D eigenvalue weighted by atomic mass is 10.0. The van der Waals surface area contributed by atoms with Crippen LogP contribution in [0.5, 0.6) is 0 Å². The molecule has 0 aliphatic heterocycles. The number of nitrogens with one attached hydrogen (secondary N) is 1. The largest absolute Gasteiger partial charge is 0.394 e. The summed E-state index contributed by atoms with van der Waals surface area (Å²) in [5.41, 5.74) is 0. The van der Waals surface area contributed by atoms with Crippen LogP contribution in [0.1, 0.15) is 341 Å². The first-order chi connectivity index (χ1) is 32.2. The smallest absolute Gasteiger partial charge is 0.220 e. The summed E-state index contributed by atoms with van der Waals surface area (Å²) in [5.74, 6) is -0.0566. The molecule has 0 aliphatic rings. The summed E-state index contributed by atoms with van der Waals surface area (Å²) >= 11 is 0. The van der Waals surface area contributed by atoms with Crippen LogP contribution < -0.4 is 5.32 Å². The van der Waals surface area contributed by atoms with E-state index in [-0.39, 0.29) is 12.5 Å². The van der Waals surface area contributed by atoms with Crippen molar-refractivity contribution in [2.45, 2.75) is 353 Å². The maximum absolute atomic E-state index is 12.5. The quantitative estimate of drug-likeness (QED) is 0.0421. The molecule has 0 aromatic carbocycles. The second-order valence-corrected chi connectivity index (χ2v) is 20.8. The van der Waals surface area contributed by atoms with Crippen molar-refractivity contribution in [3.8, 4) is 0 Å². The molecule has 0 radical (unpaired) electrons. The molecule has 0 spiro atoms. The summed E-state index contributed by atoms with van der Waals surface area (Å²) in [6.45, 7) is 4.34. The van der Waals surface area contributed by atoms with Crippen molar-refractivity contribution in [1.29, 1.82) is 0 Å². The van der Waals surface area contributed by atoms with Crippen LogP contribution in [0.15, 0.2) is 24.3 Å². The minimum Gasteiger partial charge on any atom is -0.394 e. The number of hydrogen-bond donors (Lipinski definition) is 3. The SMILES string of the molecule is CCCCCCCCCC/C=C\CCCCCCCCCCCCCCCCCCCCCCCCCC(=O)NC(CO)C(O)/C=C/CCCCCCCCCCCCCCCCCC. The van der Waals surface area contributed by atoms with Crippen LogP contribution in [0.2, 0.25) is 0 Å². The first-order valence-electron chi connectivity index (χ1n) is 30.1. The van der Waals surface area contributed by atoms with Gasteiger partial charge in [0.1, 0.15) is 0 Å². The molecule has 0 aliphatic carbocycles. The molecule has 4 heteroatoms. The van der Waals surface area contributed by atoms with Crippen LogP contribution >= 0.6 is 0 Å². The second kappa shape index (κ2) is 57.2.